The predicted octanol–water partition coefficient (Wildman–Crippen LogP) is 7.79. The van der Waals surface area contributed by atoms with Crippen LogP contribution in [0.4, 0.5) is 0 Å². The van der Waals surface area contributed by atoms with Gasteiger partial charge in [0.1, 0.15) is 5.78 Å². The van der Waals surface area contributed by atoms with Gasteiger partial charge in [0.15, 0.2) is 5.78 Å². The fraction of sp³-hybridized carbons (Fsp3) is 0.806. The Bertz CT molecular complexity index is 1380. The van der Waals surface area contributed by atoms with E-state index in [2.05, 4.69) is 49.7 Å². The first-order valence-electron chi connectivity index (χ1n) is 16.6. The Kier molecular flexibility index (Phi) is 6.63. The topological polar surface area (TPSA) is 69.2 Å². The lowest BCUT2D eigenvalue weighted by Gasteiger charge is -2.72. The summed E-state index contributed by atoms with van der Waals surface area (Å²) < 4.78 is 0. The van der Waals surface area contributed by atoms with Gasteiger partial charge >= 0.3 is 0 Å². The van der Waals surface area contributed by atoms with Gasteiger partial charge in [0.05, 0.1) is 18.5 Å². The van der Waals surface area contributed by atoms with E-state index in [0.29, 0.717) is 23.8 Å². The Hall–Kier alpha value is -2.29. The van der Waals surface area contributed by atoms with E-state index in [9.17, 15) is 9.59 Å². The molecule has 0 bridgehead atoms. The maximum absolute atomic E-state index is 14.8. The summed E-state index contributed by atoms with van der Waals surface area (Å²) >= 11 is 0. The van der Waals surface area contributed by atoms with Crippen LogP contribution in [0.2, 0.25) is 0 Å². The van der Waals surface area contributed by atoms with Crippen molar-refractivity contribution in [1.29, 1.82) is 0 Å². The smallest absolute Gasteiger partial charge is 0.226 e. The number of fused-ring (bicyclic) bond motifs is 7. The molecule has 1 aromatic rings. The van der Waals surface area contributed by atoms with Crippen LogP contribution in [0.1, 0.15) is 118 Å². The van der Waals surface area contributed by atoms with E-state index in [0.717, 1.165) is 50.6 Å². The molecule has 8 atom stereocenters. The van der Waals surface area contributed by atoms with E-state index in [-0.39, 0.29) is 50.6 Å². The zero-order valence-electron chi connectivity index (χ0n) is 27.3. The number of ketones is 2. The molecule has 5 aliphatic carbocycles. The molecule has 0 radical (unpaired) electrons. The zero-order chi connectivity index (χ0) is 30.5. The minimum absolute atomic E-state index is 0.00961. The Balaban J connectivity index is 1.37. The molecule has 0 N–H and O–H groups in total. The first-order valence-corrected chi connectivity index (χ1v) is 16.6. The molecule has 4 saturated carbocycles. The van der Waals surface area contributed by atoms with Gasteiger partial charge in [-0.25, -0.2) is 4.85 Å². The Labute approximate surface area is 253 Å². The molecular weight excluding hydrogens is 520 g/mol. The van der Waals surface area contributed by atoms with Gasteiger partial charge in [0, 0.05) is 24.8 Å². The van der Waals surface area contributed by atoms with Crippen LogP contribution in [0, 0.1) is 62.7 Å². The lowest BCUT2D eigenvalue weighted by Crippen LogP contribution is -2.68. The molecule has 0 aliphatic heterocycles. The van der Waals surface area contributed by atoms with E-state index in [4.69, 9.17) is 6.57 Å². The minimum atomic E-state index is -0.580. The third-order valence-electron chi connectivity index (χ3n) is 14.4. The number of hydrogen-bond acceptors (Lipinski definition) is 4. The molecule has 42 heavy (non-hydrogen) atoms. The van der Waals surface area contributed by atoms with Crippen LogP contribution in [-0.2, 0) is 23.1 Å². The minimum Gasteiger partial charge on any atom is -0.307 e. The number of aryl methyl sites for hydroxylation is 2. The number of hydrogen-bond donors (Lipinski definition) is 0. The van der Waals surface area contributed by atoms with Crippen molar-refractivity contribution in [3.8, 4) is 0 Å². The quantitative estimate of drug-likeness (QED) is 0.345. The second-order valence-corrected chi connectivity index (χ2v) is 17.2. The van der Waals surface area contributed by atoms with E-state index < -0.39 is 5.41 Å². The number of aromatic nitrogens is 3. The van der Waals surface area contributed by atoms with Crippen LogP contribution in [0.25, 0.3) is 4.85 Å². The molecule has 0 amide bonds. The van der Waals surface area contributed by atoms with E-state index in [1.54, 1.807) is 4.80 Å². The fourth-order valence-corrected chi connectivity index (χ4v) is 11.9. The lowest BCUT2D eigenvalue weighted by atomic mass is 9.31. The summed E-state index contributed by atoms with van der Waals surface area (Å²) in [5.74, 6) is 1.27. The number of carbonyl (C=O) groups excluding carboxylic acids is 2. The standard InChI is InChI=1S/C36H52N4O2/c1-31(2)15-17-36(13-10-11-23-22-38-40(9)39-23)18-16-35(7)29(24(36)20-31)26(41)19-28-33(5)21-25(37-8)30(42)32(3,4)27(33)12-14-34(28,35)6/h21-22,24,27-29H,10-20H2,1-7,9H3/t24-,27-,28+,29-,33-,34+,35+,36+/m0/s1. The van der Waals surface area contributed by atoms with Gasteiger partial charge in [0.2, 0.25) is 5.70 Å². The normalized spacial score (nSPS) is 43.7. The first kappa shape index (κ1) is 29.8. The number of nitrogens with zero attached hydrogens (tertiary/aromatic N) is 4. The van der Waals surface area contributed by atoms with Crippen LogP contribution >= 0.6 is 0 Å². The molecule has 6 heteroatoms. The average molecular weight is 573 g/mol. The second kappa shape index (κ2) is 9.35. The molecule has 228 valence electrons. The van der Waals surface area contributed by atoms with Crippen molar-refractivity contribution in [2.75, 3.05) is 0 Å². The van der Waals surface area contributed by atoms with Gasteiger partial charge in [-0.1, -0.05) is 54.5 Å². The molecule has 4 fully saturated rings. The maximum Gasteiger partial charge on any atom is 0.226 e. The molecule has 0 unspecified atom stereocenters. The molecule has 0 saturated heterocycles. The number of Topliss-reactive ketones (excluding diaryl/α,β-unsaturated/α-hetero) is 2. The van der Waals surface area contributed by atoms with Crippen LogP contribution in [0.5, 0.6) is 0 Å². The average Bonchev–Trinajstić information content (AvgIpc) is 3.33. The van der Waals surface area contributed by atoms with E-state index in [1.165, 1.54) is 19.3 Å². The monoisotopic (exact) mass is 572 g/mol. The number of allylic oxidation sites excluding steroid dienone is 2. The lowest BCUT2D eigenvalue weighted by molar-refractivity contribution is -0.223. The van der Waals surface area contributed by atoms with Crippen molar-refractivity contribution < 1.29 is 9.59 Å². The largest absolute Gasteiger partial charge is 0.307 e. The Morgan fingerprint density at radius 2 is 1.69 bits per heavy atom. The maximum atomic E-state index is 14.8. The molecule has 6 nitrogen and oxygen atoms in total. The first-order chi connectivity index (χ1) is 19.5. The molecular formula is C36H52N4O2. The molecule has 0 spiro atoms. The van der Waals surface area contributed by atoms with Gasteiger partial charge in [-0.15, -0.1) is 0 Å². The third kappa shape index (κ3) is 4.00. The molecule has 6 rings (SSSR count). The number of carbonyl (C=O) groups is 2. The highest BCUT2D eigenvalue weighted by atomic mass is 16.1. The van der Waals surface area contributed by atoms with Crippen LogP contribution in [0.3, 0.4) is 0 Å². The highest BCUT2D eigenvalue weighted by molar-refractivity contribution is 6.02. The molecule has 1 heterocycles. The van der Waals surface area contributed by atoms with Gasteiger partial charge in [-0.05, 0) is 109 Å². The van der Waals surface area contributed by atoms with Crippen molar-refractivity contribution in [2.45, 2.75) is 119 Å². The van der Waals surface area contributed by atoms with Crippen molar-refractivity contribution in [3.63, 3.8) is 0 Å². The Morgan fingerprint density at radius 3 is 2.36 bits per heavy atom. The summed E-state index contributed by atoms with van der Waals surface area (Å²) in [5, 5.41) is 8.81. The van der Waals surface area contributed by atoms with Crippen LogP contribution in [-0.4, -0.2) is 26.6 Å². The zero-order valence-corrected chi connectivity index (χ0v) is 27.3. The molecule has 0 aromatic carbocycles. The fourth-order valence-electron chi connectivity index (χ4n) is 11.9. The third-order valence-corrected chi connectivity index (χ3v) is 14.4. The summed E-state index contributed by atoms with van der Waals surface area (Å²) in [5.41, 5.74) is 0.836. The summed E-state index contributed by atoms with van der Waals surface area (Å²) in [6.07, 6.45) is 15.7. The van der Waals surface area contributed by atoms with Crippen molar-refractivity contribution in [3.05, 3.63) is 35.1 Å². The van der Waals surface area contributed by atoms with E-state index >= 15 is 0 Å². The van der Waals surface area contributed by atoms with Gasteiger partial charge < -0.3 is 4.79 Å². The highest BCUT2D eigenvalue weighted by Crippen LogP contribution is 2.76. The van der Waals surface area contributed by atoms with Gasteiger partial charge in [0.25, 0.3) is 0 Å². The molecule has 5 aliphatic rings. The summed E-state index contributed by atoms with van der Waals surface area (Å²) in [4.78, 5) is 33.5. The van der Waals surface area contributed by atoms with Gasteiger partial charge in [-0.2, -0.15) is 15.0 Å². The van der Waals surface area contributed by atoms with Crippen LogP contribution < -0.4 is 0 Å². The van der Waals surface area contributed by atoms with Crippen molar-refractivity contribution >= 4 is 11.6 Å². The summed E-state index contributed by atoms with van der Waals surface area (Å²) in [7, 11) is 1.88. The predicted molar refractivity (Wildman–Crippen MR) is 164 cm³/mol. The van der Waals surface area contributed by atoms with Crippen molar-refractivity contribution in [2.24, 2.45) is 63.2 Å². The number of rotatable bonds is 4. The second-order valence-electron chi connectivity index (χ2n) is 17.2. The van der Waals surface area contributed by atoms with Crippen molar-refractivity contribution in [1.82, 2.24) is 15.0 Å². The van der Waals surface area contributed by atoms with E-state index in [1.807, 2.05) is 33.2 Å². The van der Waals surface area contributed by atoms with Crippen LogP contribution in [0.15, 0.2) is 18.0 Å². The Morgan fingerprint density at radius 1 is 0.976 bits per heavy atom. The summed E-state index contributed by atoms with van der Waals surface area (Å²) in [6, 6.07) is 0. The molecule has 1 aromatic heterocycles. The summed E-state index contributed by atoms with van der Waals surface area (Å²) in [6.45, 7) is 24.1. The SMILES string of the molecule is [C-]#[N+]C1=C[C@]2(C)[C@H]3CC(=O)[C@@H]4[C@@H]5CC(C)(C)CC[C@]5(CCCc5cnn(C)n5)CC[C@@]4(C)[C@]3(C)CC[C@H]2C(C)(C)C1=O. The van der Waals surface area contributed by atoms with Gasteiger partial charge in [-0.3, -0.25) is 4.79 Å². The highest BCUT2D eigenvalue weighted by Gasteiger charge is 2.71.